The third-order valence-electron chi connectivity index (χ3n) is 4.61. The second-order valence-corrected chi connectivity index (χ2v) is 7.97. The quantitative estimate of drug-likeness (QED) is 0.834. The Morgan fingerprint density at radius 1 is 1.39 bits per heavy atom. The maximum atomic E-state index is 12.6. The summed E-state index contributed by atoms with van der Waals surface area (Å²) >= 11 is 6.03. The summed E-state index contributed by atoms with van der Waals surface area (Å²) in [5, 5.41) is 0.263. The smallest absolute Gasteiger partial charge is 0.240 e. The number of nitrogens with one attached hydrogen (secondary N) is 1. The summed E-state index contributed by atoms with van der Waals surface area (Å²) in [5.41, 5.74) is 0. The molecule has 0 bridgehead atoms. The van der Waals surface area contributed by atoms with E-state index in [4.69, 9.17) is 25.8 Å². The monoisotopic (exact) mass is 361 g/mol. The van der Waals surface area contributed by atoms with Crippen LogP contribution in [0.1, 0.15) is 6.42 Å². The molecule has 6 nitrogen and oxygen atoms in total. The highest BCUT2D eigenvalue weighted by atomic mass is 35.5. The average molecular weight is 362 g/mol. The zero-order chi connectivity index (χ0) is 16.6. The molecule has 4 atom stereocenters. The second kappa shape index (κ2) is 6.57. The Kier molecular flexibility index (Phi) is 4.85. The van der Waals surface area contributed by atoms with Gasteiger partial charge >= 0.3 is 0 Å². The molecule has 0 unspecified atom stereocenters. The summed E-state index contributed by atoms with van der Waals surface area (Å²) in [6.45, 7) is 1.14. The molecule has 0 amide bonds. The van der Waals surface area contributed by atoms with E-state index in [0.717, 1.165) is 6.42 Å². The fourth-order valence-electron chi connectivity index (χ4n) is 3.46. The summed E-state index contributed by atoms with van der Waals surface area (Å²) in [6.07, 6.45) is 0.948. The molecular formula is C15H20ClNO5S. The van der Waals surface area contributed by atoms with E-state index < -0.39 is 10.0 Å². The second-order valence-electron chi connectivity index (χ2n) is 5.85. The van der Waals surface area contributed by atoms with Gasteiger partial charge in [-0.25, -0.2) is 13.1 Å². The molecule has 23 heavy (non-hydrogen) atoms. The number of methoxy groups -OCH3 is 2. The fourth-order valence-corrected chi connectivity index (χ4v) is 5.14. The SMILES string of the molecule is COC[C@H]1[C@@H](NS(=O)(=O)c2ccc(OC)c(Cl)c2)[C@@H]2CCO[C@@H]21. The number of halogens is 1. The molecule has 0 radical (unpaired) electrons. The molecule has 1 aliphatic heterocycles. The molecule has 3 rings (SSSR count). The molecule has 0 spiro atoms. The number of benzene rings is 1. The zero-order valence-corrected chi connectivity index (χ0v) is 14.6. The molecule has 8 heteroatoms. The van der Waals surface area contributed by atoms with Gasteiger partial charge in [-0.15, -0.1) is 0 Å². The first-order chi connectivity index (χ1) is 11.0. The van der Waals surface area contributed by atoms with Gasteiger partial charge in [-0.2, -0.15) is 0 Å². The molecule has 1 aromatic carbocycles. The Morgan fingerprint density at radius 3 is 2.83 bits per heavy atom. The summed E-state index contributed by atoms with van der Waals surface area (Å²) in [5.74, 6) is 0.686. The fraction of sp³-hybridized carbons (Fsp3) is 0.600. The number of sulfonamides is 1. The van der Waals surface area contributed by atoms with Crippen LogP contribution in [0.4, 0.5) is 0 Å². The lowest BCUT2D eigenvalue weighted by atomic mass is 9.68. The van der Waals surface area contributed by atoms with Crippen molar-refractivity contribution in [2.75, 3.05) is 27.4 Å². The zero-order valence-electron chi connectivity index (χ0n) is 13.0. The minimum absolute atomic E-state index is 0.0380. The van der Waals surface area contributed by atoms with Gasteiger partial charge in [-0.3, -0.25) is 0 Å². The van der Waals surface area contributed by atoms with Crippen molar-refractivity contribution in [2.24, 2.45) is 11.8 Å². The highest BCUT2D eigenvalue weighted by molar-refractivity contribution is 7.89. The molecule has 1 saturated heterocycles. The van der Waals surface area contributed by atoms with E-state index in [2.05, 4.69) is 4.72 Å². The van der Waals surface area contributed by atoms with E-state index in [1.165, 1.54) is 19.2 Å². The van der Waals surface area contributed by atoms with E-state index in [-0.39, 0.29) is 33.9 Å². The van der Waals surface area contributed by atoms with Crippen molar-refractivity contribution in [3.8, 4) is 5.75 Å². The minimum atomic E-state index is -3.66. The standard InChI is InChI=1S/C15H20ClNO5S/c1-20-8-11-14(10-5-6-22-15(10)11)17-23(18,19)9-3-4-13(21-2)12(16)7-9/h3-4,7,10-11,14-15,17H,5-6,8H2,1-2H3/t10-,11-,14-,15-/m0/s1. The lowest BCUT2D eigenvalue weighted by molar-refractivity contribution is -0.0775. The van der Waals surface area contributed by atoms with Crippen molar-refractivity contribution < 1.29 is 22.6 Å². The number of rotatable bonds is 6. The van der Waals surface area contributed by atoms with Crippen molar-refractivity contribution in [1.29, 1.82) is 0 Å². The van der Waals surface area contributed by atoms with E-state index in [1.807, 2.05) is 0 Å². The number of hydrogen-bond donors (Lipinski definition) is 1. The van der Waals surface area contributed by atoms with Gasteiger partial charge < -0.3 is 14.2 Å². The highest BCUT2D eigenvalue weighted by Crippen LogP contribution is 2.44. The average Bonchev–Trinajstić information content (AvgIpc) is 2.95. The van der Waals surface area contributed by atoms with Gasteiger partial charge in [-0.1, -0.05) is 11.6 Å². The molecular weight excluding hydrogens is 342 g/mol. The van der Waals surface area contributed by atoms with E-state index >= 15 is 0 Å². The van der Waals surface area contributed by atoms with Gasteiger partial charge in [0.1, 0.15) is 5.75 Å². The molecule has 128 valence electrons. The molecule has 1 N–H and O–H groups in total. The van der Waals surface area contributed by atoms with E-state index in [0.29, 0.717) is 19.0 Å². The summed E-state index contributed by atoms with van der Waals surface area (Å²) in [7, 11) is -0.567. The van der Waals surface area contributed by atoms with Crippen LogP contribution >= 0.6 is 11.6 Å². The topological polar surface area (TPSA) is 73.9 Å². The summed E-state index contributed by atoms with van der Waals surface area (Å²) < 4.78 is 44.0. The summed E-state index contributed by atoms with van der Waals surface area (Å²) in [6, 6.07) is 4.26. The Hall–Kier alpha value is -0.860. The predicted molar refractivity (Wildman–Crippen MR) is 85.3 cm³/mol. The van der Waals surface area contributed by atoms with Gasteiger partial charge in [0.25, 0.3) is 0 Å². The summed E-state index contributed by atoms with van der Waals surface area (Å²) in [4.78, 5) is 0.127. The van der Waals surface area contributed by atoms with Crippen LogP contribution in [0.2, 0.25) is 5.02 Å². The first-order valence-electron chi connectivity index (χ1n) is 7.44. The van der Waals surface area contributed by atoms with Crippen LogP contribution in [0, 0.1) is 11.8 Å². The molecule has 0 aromatic heterocycles. The molecule has 1 heterocycles. The van der Waals surface area contributed by atoms with Crippen molar-refractivity contribution in [2.45, 2.75) is 23.5 Å². The highest BCUT2D eigenvalue weighted by Gasteiger charge is 2.54. The molecule has 2 aliphatic rings. The largest absolute Gasteiger partial charge is 0.495 e. The molecule has 1 aromatic rings. The Balaban J connectivity index is 1.79. The Morgan fingerprint density at radius 2 is 2.17 bits per heavy atom. The van der Waals surface area contributed by atoms with Crippen LogP contribution < -0.4 is 9.46 Å². The Bertz CT molecular complexity index is 680. The number of hydrogen-bond acceptors (Lipinski definition) is 5. The van der Waals surface area contributed by atoms with Crippen LogP contribution in [0.15, 0.2) is 23.1 Å². The number of ether oxygens (including phenoxy) is 3. The van der Waals surface area contributed by atoms with Crippen molar-refractivity contribution in [3.05, 3.63) is 23.2 Å². The van der Waals surface area contributed by atoms with Gasteiger partial charge in [0.15, 0.2) is 0 Å². The van der Waals surface area contributed by atoms with Crippen LogP contribution in [-0.2, 0) is 19.5 Å². The third kappa shape index (κ3) is 3.08. The van der Waals surface area contributed by atoms with Gasteiger partial charge in [-0.05, 0) is 24.6 Å². The number of fused-ring (bicyclic) bond motifs is 1. The molecule has 2 fully saturated rings. The lowest BCUT2D eigenvalue weighted by Gasteiger charge is -2.47. The Labute approximate surface area is 141 Å². The van der Waals surface area contributed by atoms with Crippen LogP contribution in [0.25, 0.3) is 0 Å². The van der Waals surface area contributed by atoms with Gasteiger partial charge in [0.05, 0.1) is 29.7 Å². The van der Waals surface area contributed by atoms with E-state index in [1.54, 1.807) is 13.2 Å². The maximum absolute atomic E-state index is 12.6. The van der Waals surface area contributed by atoms with Crippen molar-refractivity contribution >= 4 is 21.6 Å². The third-order valence-corrected chi connectivity index (χ3v) is 6.36. The van der Waals surface area contributed by atoms with Crippen molar-refractivity contribution in [3.63, 3.8) is 0 Å². The normalized spacial score (nSPS) is 29.9. The predicted octanol–water partition coefficient (Wildman–Crippen LogP) is 1.68. The van der Waals surface area contributed by atoms with Crippen LogP contribution in [0.5, 0.6) is 5.75 Å². The molecule has 1 saturated carbocycles. The van der Waals surface area contributed by atoms with Crippen LogP contribution in [0.3, 0.4) is 0 Å². The molecule has 1 aliphatic carbocycles. The van der Waals surface area contributed by atoms with Gasteiger partial charge in [0, 0.05) is 31.6 Å². The minimum Gasteiger partial charge on any atom is -0.495 e. The van der Waals surface area contributed by atoms with Crippen LogP contribution in [-0.4, -0.2) is 48.0 Å². The maximum Gasteiger partial charge on any atom is 0.240 e. The lowest BCUT2D eigenvalue weighted by Crippen LogP contribution is -2.62. The van der Waals surface area contributed by atoms with Gasteiger partial charge in [0.2, 0.25) is 10.0 Å². The van der Waals surface area contributed by atoms with E-state index in [9.17, 15) is 8.42 Å². The first-order valence-corrected chi connectivity index (χ1v) is 9.30. The first kappa shape index (κ1) is 17.0. The van der Waals surface area contributed by atoms with Crippen molar-refractivity contribution in [1.82, 2.24) is 4.72 Å².